The van der Waals surface area contributed by atoms with E-state index in [0.717, 1.165) is 18.5 Å². The third kappa shape index (κ3) is 2.37. The van der Waals surface area contributed by atoms with Gasteiger partial charge in [0.15, 0.2) is 6.29 Å². The van der Waals surface area contributed by atoms with Gasteiger partial charge in [-0.3, -0.25) is 4.68 Å². The Morgan fingerprint density at radius 3 is 3.20 bits per heavy atom. The molecule has 0 aliphatic carbocycles. The van der Waals surface area contributed by atoms with Crippen molar-refractivity contribution in [1.29, 1.82) is 0 Å². The lowest BCUT2D eigenvalue weighted by atomic mass is 10.3. The minimum Gasteiger partial charge on any atom is -0.346 e. The van der Waals surface area contributed by atoms with Crippen molar-refractivity contribution in [3.63, 3.8) is 0 Å². The summed E-state index contributed by atoms with van der Waals surface area (Å²) in [5.74, 6) is 0. The van der Waals surface area contributed by atoms with Gasteiger partial charge in [-0.25, -0.2) is 0 Å². The standard InChI is InChI=1S/C10H17N3O2/c1-2-3-13-6-8(5-12-13)10-14-7-9(4-11)15-10/h5-6,9-10H,2-4,7,11H2,1H3. The van der Waals surface area contributed by atoms with E-state index in [1.54, 1.807) is 6.20 Å². The van der Waals surface area contributed by atoms with E-state index in [1.807, 2.05) is 10.9 Å². The van der Waals surface area contributed by atoms with Gasteiger partial charge in [0.05, 0.1) is 18.9 Å². The molecule has 2 rings (SSSR count). The summed E-state index contributed by atoms with van der Waals surface area (Å²) in [6, 6.07) is 0. The number of aromatic nitrogens is 2. The van der Waals surface area contributed by atoms with Crippen LogP contribution in [0.2, 0.25) is 0 Å². The number of nitrogens with zero attached hydrogens (tertiary/aromatic N) is 2. The summed E-state index contributed by atoms with van der Waals surface area (Å²) in [6.45, 7) is 4.11. The van der Waals surface area contributed by atoms with E-state index >= 15 is 0 Å². The Morgan fingerprint density at radius 1 is 1.67 bits per heavy atom. The lowest BCUT2D eigenvalue weighted by Crippen LogP contribution is -2.21. The summed E-state index contributed by atoms with van der Waals surface area (Å²) in [4.78, 5) is 0. The molecule has 5 nitrogen and oxygen atoms in total. The first-order chi connectivity index (χ1) is 7.33. The second kappa shape index (κ2) is 4.74. The van der Waals surface area contributed by atoms with Crippen molar-refractivity contribution in [2.75, 3.05) is 13.2 Å². The van der Waals surface area contributed by atoms with Crippen LogP contribution in [0.1, 0.15) is 25.2 Å². The van der Waals surface area contributed by atoms with Crippen LogP contribution in [-0.2, 0) is 16.0 Å². The van der Waals surface area contributed by atoms with Gasteiger partial charge in [0.1, 0.15) is 0 Å². The van der Waals surface area contributed by atoms with Crippen LogP contribution < -0.4 is 5.73 Å². The second-order valence-electron chi connectivity index (χ2n) is 3.70. The van der Waals surface area contributed by atoms with Crippen LogP contribution in [0, 0.1) is 0 Å². The Morgan fingerprint density at radius 2 is 2.53 bits per heavy atom. The van der Waals surface area contributed by atoms with E-state index < -0.39 is 0 Å². The Kier molecular flexibility index (Phi) is 3.35. The zero-order chi connectivity index (χ0) is 10.7. The summed E-state index contributed by atoms with van der Waals surface area (Å²) < 4.78 is 13.0. The van der Waals surface area contributed by atoms with Gasteiger partial charge < -0.3 is 15.2 Å². The maximum atomic E-state index is 5.59. The van der Waals surface area contributed by atoms with Crippen molar-refractivity contribution < 1.29 is 9.47 Å². The maximum absolute atomic E-state index is 5.59. The van der Waals surface area contributed by atoms with Crippen molar-refractivity contribution in [3.8, 4) is 0 Å². The highest BCUT2D eigenvalue weighted by Crippen LogP contribution is 2.25. The van der Waals surface area contributed by atoms with Gasteiger partial charge in [0.2, 0.25) is 0 Å². The van der Waals surface area contributed by atoms with Gasteiger partial charge in [0.25, 0.3) is 0 Å². The maximum Gasteiger partial charge on any atom is 0.187 e. The molecule has 0 bridgehead atoms. The highest BCUT2D eigenvalue weighted by atomic mass is 16.7. The predicted octanol–water partition coefficient (Wildman–Crippen LogP) is 0.666. The molecule has 15 heavy (non-hydrogen) atoms. The fourth-order valence-electron chi connectivity index (χ4n) is 1.60. The third-order valence-corrected chi connectivity index (χ3v) is 2.39. The van der Waals surface area contributed by atoms with Gasteiger partial charge in [-0.1, -0.05) is 6.92 Å². The minimum atomic E-state index is -0.288. The molecule has 1 saturated heterocycles. The molecular weight excluding hydrogens is 194 g/mol. The van der Waals surface area contributed by atoms with Gasteiger partial charge >= 0.3 is 0 Å². The molecule has 2 heterocycles. The summed E-state index contributed by atoms with van der Waals surface area (Å²) in [7, 11) is 0. The normalized spacial score (nSPS) is 26.0. The van der Waals surface area contributed by atoms with E-state index in [2.05, 4.69) is 12.0 Å². The van der Waals surface area contributed by atoms with Crippen molar-refractivity contribution in [2.45, 2.75) is 32.3 Å². The molecule has 2 N–H and O–H groups in total. The Labute approximate surface area is 89.2 Å². The summed E-state index contributed by atoms with van der Waals surface area (Å²) >= 11 is 0. The molecule has 1 aromatic rings. The zero-order valence-corrected chi connectivity index (χ0v) is 8.93. The average molecular weight is 211 g/mol. The van der Waals surface area contributed by atoms with E-state index in [4.69, 9.17) is 15.2 Å². The fraction of sp³-hybridized carbons (Fsp3) is 0.700. The number of nitrogens with two attached hydrogens (primary N) is 1. The number of rotatable bonds is 4. The van der Waals surface area contributed by atoms with Crippen LogP contribution in [0.3, 0.4) is 0 Å². The van der Waals surface area contributed by atoms with Crippen molar-refractivity contribution in [3.05, 3.63) is 18.0 Å². The van der Waals surface area contributed by atoms with Crippen LogP contribution in [0.5, 0.6) is 0 Å². The molecule has 1 aromatic heterocycles. The summed E-state index contributed by atoms with van der Waals surface area (Å²) in [5, 5.41) is 4.23. The molecule has 84 valence electrons. The number of ether oxygens (including phenoxy) is 2. The molecule has 0 spiro atoms. The van der Waals surface area contributed by atoms with Crippen molar-refractivity contribution >= 4 is 0 Å². The molecule has 0 saturated carbocycles. The SMILES string of the molecule is CCCn1cc(C2OCC(CN)O2)cn1. The van der Waals surface area contributed by atoms with Gasteiger partial charge in [-0.15, -0.1) is 0 Å². The zero-order valence-electron chi connectivity index (χ0n) is 8.93. The molecule has 1 fully saturated rings. The van der Waals surface area contributed by atoms with Crippen LogP contribution in [0.4, 0.5) is 0 Å². The summed E-state index contributed by atoms with van der Waals surface area (Å²) in [6.07, 6.45) is 4.55. The summed E-state index contributed by atoms with van der Waals surface area (Å²) in [5.41, 5.74) is 6.47. The van der Waals surface area contributed by atoms with E-state index in [-0.39, 0.29) is 12.4 Å². The molecule has 2 unspecified atom stereocenters. The van der Waals surface area contributed by atoms with Crippen molar-refractivity contribution in [2.24, 2.45) is 5.73 Å². The largest absolute Gasteiger partial charge is 0.346 e. The van der Waals surface area contributed by atoms with Crippen LogP contribution in [-0.4, -0.2) is 29.0 Å². The molecule has 5 heteroatoms. The van der Waals surface area contributed by atoms with Crippen LogP contribution >= 0.6 is 0 Å². The van der Waals surface area contributed by atoms with Gasteiger partial charge in [-0.05, 0) is 6.42 Å². The molecule has 0 radical (unpaired) electrons. The van der Waals surface area contributed by atoms with Crippen LogP contribution in [0.25, 0.3) is 0 Å². The average Bonchev–Trinajstić information content (AvgIpc) is 2.85. The molecule has 1 aliphatic heterocycles. The van der Waals surface area contributed by atoms with Gasteiger partial charge in [-0.2, -0.15) is 5.10 Å². The molecule has 0 aromatic carbocycles. The first-order valence-electron chi connectivity index (χ1n) is 5.33. The number of hydrogen-bond donors (Lipinski definition) is 1. The third-order valence-electron chi connectivity index (χ3n) is 2.39. The lowest BCUT2D eigenvalue weighted by molar-refractivity contribution is -0.0586. The predicted molar refractivity (Wildman–Crippen MR) is 55.1 cm³/mol. The highest BCUT2D eigenvalue weighted by Gasteiger charge is 2.27. The van der Waals surface area contributed by atoms with Crippen molar-refractivity contribution in [1.82, 2.24) is 9.78 Å². The molecule has 2 atom stereocenters. The quantitative estimate of drug-likeness (QED) is 0.795. The van der Waals surface area contributed by atoms with E-state index in [0.29, 0.717) is 13.2 Å². The highest BCUT2D eigenvalue weighted by molar-refractivity contribution is 5.06. The molecule has 1 aliphatic rings. The topological polar surface area (TPSA) is 62.3 Å². The second-order valence-corrected chi connectivity index (χ2v) is 3.70. The molecular formula is C10H17N3O2. The lowest BCUT2D eigenvalue weighted by Gasteiger charge is -2.07. The first kappa shape index (κ1) is 10.6. The Bertz CT molecular complexity index is 313. The van der Waals surface area contributed by atoms with Crippen LogP contribution in [0.15, 0.2) is 12.4 Å². The molecule has 0 amide bonds. The smallest absolute Gasteiger partial charge is 0.187 e. The van der Waals surface area contributed by atoms with E-state index in [1.165, 1.54) is 0 Å². The fourth-order valence-corrected chi connectivity index (χ4v) is 1.60. The Hall–Kier alpha value is -0.910. The van der Waals surface area contributed by atoms with Gasteiger partial charge in [0, 0.05) is 24.8 Å². The monoisotopic (exact) mass is 211 g/mol. The minimum absolute atomic E-state index is 0.0181. The number of aryl methyl sites for hydroxylation is 1. The van der Waals surface area contributed by atoms with E-state index in [9.17, 15) is 0 Å². The number of hydrogen-bond acceptors (Lipinski definition) is 4. The Balaban J connectivity index is 1.97. The first-order valence-corrected chi connectivity index (χ1v) is 5.33.